The number of rotatable bonds is 6. The second kappa shape index (κ2) is 9.07. The molecule has 168 valence electrons. The number of carbonyl (C=O) groups excluding carboxylic acids is 1. The molecule has 0 aliphatic heterocycles. The summed E-state index contributed by atoms with van der Waals surface area (Å²) in [4.78, 5) is 20.0. The molecule has 0 saturated heterocycles. The Balaban J connectivity index is 1.35. The summed E-state index contributed by atoms with van der Waals surface area (Å²) in [6, 6.07) is 19.8. The third-order valence-corrected chi connectivity index (χ3v) is 5.52. The van der Waals surface area contributed by atoms with Crippen LogP contribution in [-0.2, 0) is 11.3 Å². The molecule has 0 atom stereocenters. The zero-order chi connectivity index (χ0) is 23.5. The first-order valence-electron chi connectivity index (χ1n) is 10.7. The van der Waals surface area contributed by atoms with Crippen molar-refractivity contribution in [3.63, 3.8) is 0 Å². The first-order chi connectivity index (χ1) is 16.6. The van der Waals surface area contributed by atoms with Gasteiger partial charge in [-0.3, -0.25) is 4.79 Å². The molecule has 0 spiro atoms. The molecule has 2 heterocycles. The van der Waals surface area contributed by atoms with Gasteiger partial charge in [0.1, 0.15) is 5.82 Å². The third kappa shape index (κ3) is 4.45. The molecule has 0 unspecified atom stereocenters. The van der Waals surface area contributed by atoms with Crippen LogP contribution in [0.2, 0.25) is 0 Å². The quantitative estimate of drug-likeness (QED) is 0.294. The molecule has 3 N–H and O–H groups in total. The Bertz CT molecular complexity index is 1490. The highest BCUT2D eigenvalue weighted by atomic mass is 19.1. The number of amides is 1. The van der Waals surface area contributed by atoms with Gasteiger partial charge in [-0.15, -0.1) is 0 Å². The molecule has 6 nitrogen and oxygen atoms in total. The van der Waals surface area contributed by atoms with Crippen LogP contribution in [0.4, 0.5) is 10.1 Å². The number of carbonyl (C=O) groups is 1. The first-order valence-corrected chi connectivity index (χ1v) is 10.7. The monoisotopic (exact) mass is 452 g/mol. The summed E-state index contributed by atoms with van der Waals surface area (Å²) in [5, 5.41) is 13.4. The van der Waals surface area contributed by atoms with E-state index >= 15 is 0 Å². The fraction of sp³-hybridized carbons (Fsp3) is 0.0370. The number of nitrogens with zero attached hydrogens (tertiary/aromatic N) is 2. The number of para-hydroxylation sites is 1. The average molecular weight is 452 g/mol. The molecule has 0 aliphatic carbocycles. The van der Waals surface area contributed by atoms with Crippen molar-refractivity contribution in [1.82, 2.24) is 14.5 Å². The van der Waals surface area contributed by atoms with E-state index in [1.165, 1.54) is 24.3 Å². The number of phenolic OH excluding ortho intramolecular Hbond substituents is 1. The van der Waals surface area contributed by atoms with E-state index in [0.29, 0.717) is 17.8 Å². The number of fused-ring (bicyclic) bond motifs is 1. The van der Waals surface area contributed by atoms with Crippen molar-refractivity contribution in [2.45, 2.75) is 6.54 Å². The summed E-state index contributed by atoms with van der Waals surface area (Å²) < 4.78 is 15.3. The van der Waals surface area contributed by atoms with Crippen molar-refractivity contribution in [3.05, 3.63) is 108 Å². The summed E-state index contributed by atoms with van der Waals surface area (Å²) in [6.45, 7) is 0.638. The number of aromatic hydroxyl groups is 1. The maximum Gasteiger partial charge on any atom is 0.248 e. The number of phenols is 1. The molecule has 5 aromatic rings. The van der Waals surface area contributed by atoms with Crippen molar-refractivity contribution in [1.29, 1.82) is 0 Å². The van der Waals surface area contributed by atoms with Crippen molar-refractivity contribution in [2.24, 2.45) is 0 Å². The molecular formula is C27H21FN4O2. The van der Waals surface area contributed by atoms with Crippen LogP contribution in [0.15, 0.2) is 91.4 Å². The van der Waals surface area contributed by atoms with E-state index in [9.17, 15) is 14.3 Å². The number of H-pyrrole nitrogens is 1. The Morgan fingerprint density at radius 1 is 1.12 bits per heavy atom. The molecule has 2 aromatic heterocycles. The number of imidazole rings is 1. The molecule has 3 aromatic carbocycles. The summed E-state index contributed by atoms with van der Waals surface area (Å²) in [6.07, 6.45) is 8.39. The van der Waals surface area contributed by atoms with Gasteiger partial charge in [0, 0.05) is 42.2 Å². The predicted octanol–water partition coefficient (Wildman–Crippen LogP) is 5.58. The Morgan fingerprint density at radius 2 is 1.97 bits per heavy atom. The van der Waals surface area contributed by atoms with Gasteiger partial charge in [0.05, 0.1) is 11.2 Å². The SMILES string of the molecule is O=C(/C=C/c1ccc(F)c(O)c1)Nc1cccc2ccn(Cc3ccc(-c4ncc[nH]4)cc3)c12. The zero-order valence-corrected chi connectivity index (χ0v) is 18.1. The minimum absolute atomic E-state index is 0.327. The fourth-order valence-electron chi connectivity index (χ4n) is 3.86. The Morgan fingerprint density at radius 3 is 2.74 bits per heavy atom. The van der Waals surface area contributed by atoms with Crippen molar-refractivity contribution < 1.29 is 14.3 Å². The number of aromatic nitrogens is 3. The lowest BCUT2D eigenvalue weighted by Gasteiger charge is -2.11. The highest BCUT2D eigenvalue weighted by Gasteiger charge is 2.10. The van der Waals surface area contributed by atoms with Gasteiger partial charge in [-0.1, -0.05) is 42.5 Å². The minimum atomic E-state index is -0.704. The molecule has 0 bridgehead atoms. The molecule has 0 radical (unpaired) electrons. The Labute approximate surface area is 195 Å². The summed E-state index contributed by atoms with van der Waals surface area (Å²) in [5.41, 5.74) is 4.25. The van der Waals surface area contributed by atoms with E-state index < -0.39 is 11.6 Å². The van der Waals surface area contributed by atoms with Crippen LogP contribution in [0, 0.1) is 5.82 Å². The second-order valence-electron chi connectivity index (χ2n) is 7.86. The van der Waals surface area contributed by atoms with Gasteiger partial charge in [0.25, 0.3) is 0 Å². The molecule has 0 aliphatic rings. The van der Waals surface area contributed by atoms with Gasteiger partial charge in [0.15, 0.2) is 11.6 Å². The van der Waals surface area contributed by atoms with Crippen LogP contribution < -0.4 is 5.32 Å². The summed E-state index contributed by atoms with van der Waals surface area (Å²) in [5.74, 6) is -0.661. The normalized spacial score (nSPS) is 11.3. The van der Waals surface area contributed by atoms with E-state index in [0.717, 1.165) is 33.9 Å². The second-order valence-corrected chi connectivity index (χ2v) is 7.86. The lowest BCUT2D eigenvalue weighted by molar-refractivity contribution is -0.111. The van der Waals surface area contributed by atoms with Crippen molar-refractivity contribution in [2.75, 3.05) is 5.32 Å². The van der Waals surface area contributed by atoms with Crippen molar-refractivity contribution in [3.8, 4) is 17.1 Å². The van der Waals surface area contributed by atoms with E-state index in [1.54, 1.807) is 12.4 Å². The smallest absolute Gasteiger partial charge is 0.248 e. The maximum absolute atomic E-state index is 13.2. The molecule has 0 fully saturated rings. The van der Waals surface area contributed by atoms with Gasteiger partial charge in [-0.2, -0.15) is 0 Å². The van der Waals surface area contributed by atoms with Crippen LogP contribution in [0.5, 0.6) is 5.75 Å². The third-order valence-electron chi connectivity index (χ3n) is 5.52. The van der Waals surface area contributed by atoms with Crippen LogP contribution in [0.1, 0.15) is 11.1 Å². The van der Waals surface area contributed by atoms with E-state index in [2.05, 4.69) is 32.0 Å². The summed E-state index contributed by atoms with van der Waals surface area (Å²) in [7, 11) is 0. The van der Waals surface area contributed by atoms with Crippen LogP contribution in [-0.4, -0.2) is 25.5 Å². The standard InChI is InChI=1S/C27H21FN4O2/c28-22-10-6-18(16-24(22)33)7-11-25(34)31-23-3-1-2-20-12-15-32(26(20)23)17-19-4-8-21(9-5-19)27-29-13-14-30-27/h1-16,33H,17H2,(H,29,30)(H,31,34)/b11-7+. The Hall–Kier alpha value is -4.65. The number of aromatic amines is 1. The largest absolute Gasteiger partial charge is 0.505 e. The molecule has 0 saturated carbocycles. The van der Waals surface area contributed by atoms with E-state index in [-0.39, 0.29) is 5.91 Å². The van der Waals surface area contributed by atoms with Crippen LogP contribution >= 0.6 is 0 Å². The molecule has 7 heteroatoms. The predicted molar refractivity (Wildman–Crippen MR) is 131 cm³/mol. The number of anilines is 1. The average Bonchev–Trinajstić information content (AvgIpc) is 3.52. The number of hydrogen-bond acceptors (Lipinski definition) is 3. The number of benzene rings is 3. The van der Waals surface area contributed by atoms with Gasteiger partial charge < -0.3 is 20.0 Å². The highest BCUT2D eigenvalue weighted by molar-refractivity contribution is 6.06. The summed E-state index contributed by atoms with van der Waals surface area (Å²) >= 11 is 0. The molecule has 5 rings (SSSR count). The van der Waals surface area contributed by atoms with Crippen LogP contribution in [0.25, 0.3) is 28.4 Å². The number of halogens is 1. The van der Waals surface area contributed by atoms with Gasteiger partial charge >= 0.3 is 0 Å². The molecule has 34 heavy (non-hydrogen) atoms. The first kappa shape index (κ1) is 21.2. The van der Waals surface area contributed by atoms with E-state index in [1.807, 2.05) is 42.6 Å². The van der Waals surface area contributed by atoms with Gasteiger partial charge in [-0.25, -0.2) is 9.37 Å². The van der Waals surface area contributed by atoms with E-state index in [4.69, 9.17) is 0 Å². The lowest BCUT2D eigenvalue weighted by Crippen LogP contribution is -2.09. The van der Waals surface area contributed by atoms with Gasteiger partial charge in [-0.05, 0) is 41.5 Å². The van der Waals surface area contributed by atoms with Crippen LogP contribution in [0.3, 0.4) is 0 Å². The Kier molecular flexibility index (Phi) is 5.66. The fourth-order valence-corrected chi connectivity index (χ4v) is 3.86. The topological polar surface area (TPSA) is 82.9 Å². The molecular weight excluding hydrogens is 431 g/mol. The van der Waals surface area contributed by atoms with Gasteiger partial charge in [0.2, 0.25) is 5.91 Å². The molecule has 1 amide bonds. The number of hydrogen-bond donors (Lipinski definition) is 3. The lowest BCUT2D eigenvalue weighted by atomic mass is 10.1. The minimum Gasteiger partial charge on any atom is -0.505 e. The number of nitrogens with one attached hydrogen (secondary N) is 2. The highest BCUT2D eigenvalue weighted by Crippen LogP contribution is 2.26. The maximum atomic E-state index is 13.2. The zero-order valence-electron chi connectivity index (χ0n) is 18.1. The van der Waals surface area contributed by atoms with Crippen molar-refractivity contribution >= 4 is 28.6 Å².